The Balaban J connectivity index is 2.46. The quantitative estimate of drug-likeness (QED) is 0.705. The van der Waals surface area contributed by atoms with Crippen LogP contribution in [0.5, 0.6) is 11.5 Å². The average Bonchev–Trinajstić information content (AvgIpc) is 2.51. The van der Waals surface area contributed by atoms with Crippen molar-refractivity contribution in [2.45, 2.75) is 40.0 Å². The van der Waals surface area contributed by atoms with Crippen molar-refractivity contribution in [1.29, 1.82) is 0 Å². The van der Waals surface area contributed by atoms with Crippen LogP contribution in [-0.4, -0.2) is 26.8 Å². The van der Waals surface area contributed by atoms with E-state index in [0.717, 1.165) is 37.6 Å². The van der Waals surface area contributed by atoms with Gasteiger partial charge in [-0.05, 0) is 55.5 Å². The van der Waals surface area contributed by atoms with E-state index >= 15 is 0 Å². The maximum atomic E-state index is 5.86. The summed E-state index contributed by atoms with van der Waals surface area (Å²) >= 11 is 0. The highest BCUT2D eigenvalue weighted by molar-refractivity contribution is 5.31. The van der Waals surface area contributed by atoms with Crippen molar-refractivity contribution >= 4 is 0 Å². The molecule has 1 N–H and O–H groups in total. The Morgan fingerprint density at radius 2 is 1.60 bits per heavy atom. The second kappa shape index (κ2) is 8.85. The zero-order valence-corrected chi connectivity index (χ0v) is 13.4. The molecule has 3 heteroatoms. The minimum Gasteiger partial charge on any atom is -0.497 e. The van der Waals surface area contributed by atoms with Crippen molar-refractivity contribution in [3.8, 4) is 11.5 Å². The van der Waals surface area contributed by atoms with Crippen LogP contribution in [0.1, 0.15) is 40.0 Å². The van der Waals surface area contributed by atoms with Gasteiger partial charge in [0.05, 0.1) is 13.7 Å². The predicted molar refractivity (Wildman–Crippen MR) is 84.7 cm³/mol. The Labute approximate surface area is 123 Å². The van der Waals surface area contributed by atoms with Crippen LogP contribution in [0.15, 0.2) is 24.3 Å². The Morgan fingerprint density at radius 3 is 2.10 bits per heavy atom. The normalized spacial score (nSPS) is 11.4. The maximum absolute atomic E-state index is 5.86. The molecule has 1 aromatic carbocycles. The molecular weight excluding hydrogens is 250 g/mol. The largest absolute Gasteiger partial charge is 0.497 e. The molecule has 1 aromatic rings. The lowest BCUT2D eigenvalue weighted by Crippen LogP contribution is -2.34. The number of rotatable bonds is 10. The lowest BCUT2D eigenvalue weighted by Gasteiger charge is -2.32. The van der Waals surface area contributed by atoms with E-state index in [-0.39, 0.29) is 0 Å². The van der Waals surface area contributed by atoms with Gasteiger partial charge in [-0.2, -0.15) is 0 Å². The van der Waals surface area contributed by atoms with Gasteiger partial charge in [-0.15, -0.1) is 0 Å². The van der Waals surface area contributed by atoms with Crippen LogP contribution in [0.4, 0.5) is 0 Å². The van der Waals surface area contributed by atoms with Crippen molar-refractivity contribution in [2.24, 2.45) is 5.41 Å². The lowest BCUT2D eigenvalue weighted by atomic mass is 9.79. The van der Waals surface area contributed by atoms with Crippen molar-refractivity contribution in [2.75, 3.05) is 26.8 Å². The molecule has 0 amide bonds. The first-order chi connectivity index (χ1) is 9.69. The minimum absolute atomic E-state index is 0.350. The maximum Gasteiger partial charge on any atom is 0.119 e. The fourth-order valence-electron chi connectivity index (χ4n) is 2.39. The van der Waals surface area contributed by atoms with Gasteiger partial charge in [-0.1, -0.05) is 20.8 Å². The zero-order valence-electron chi connectivity index (χ0n) is 13.4. The number of benzene rings is 1. The van der Waals surface area contributed by atoms with Crippen molar-refractivity contribution in [1.82, 2.24) is 5.32 Å². The van der Waals surface area contributed by atoms with E-state index in [1.807, 2.05) is 24.3 Å². The summed E-state index contributed by atoms with van der Waals surface area (Å²) in [6, 6.07) is 7.78. The second-order valence-electron chi connectivity index (χ2n) is 5.26. The SMILES string of the molecule is CCNCC(CC)(CC)CCOc1ccc(OC)cc1. The Bertz CT molecular complexity index is 358. The van der Waals surface area contributed by atoms with Crippen LogP contribution < -0.4 is 14.8 Å². The van der Waals surface area contributed by atoms with Crippen LogP contribution in [0.25, 0.3) is 0 Å². The fourth-order valence-corrected chi connectivity index (χ4v) is 2.39. The number of nitrogens with one attached hydrogen (secondary N) is 1. The van der Waals surface area contributed by atoms with Gasteiger partial charge in [0.2, 0.25) is 0 Å². The van der Waals surface area contributed by atoms with E-state index in [1.165, 1.54) is 12.8 Å². The van der Waals surface area contributed by atoms with Gasteiger partial charge in [0.15, 0.2) is 0 Å². The topological polar surface area (TPSA) is 30.5 Å². The van der Waals surface area contributed by atoms with Gasteiger partial charge in [0, 0.05) is 6.54 Å². The number of hydrogen-bond acceptors (Lipinski definition) is 3. The molecule has 0 aromatic heterocycles. The lowest BCUT2D eigenvalue weighted by molar-refractivity contribution is 0.175. The summed E-state index contributed by atoms with van der Waals surface area (Å²) in [7, 11) is 1.67. The van der Waals surface area contributed by atoms with Crippen LogP contribution in [0.2, 0.25) is 0 Å². The van der Waals surface area contributed by atoms with E-state index in [1.54, 1.807) is 7.11 Å². The summed E-state index contributed by atoms with van der Waals surface area (Å²) < 4.78 is 11.0. The highest BCUT2D eigenvalue weighted by Gasteiger charge is 2.25. The molecule has 0 fully saturated rings. The first kappa shape index (κ1) is 16.8. The molecule has 20 heavy (non-hydrogen) atoms. The molecule has 0 saturated carbocycles. The summed E-state index contributed by atoms with van der Waals surface area (Å²) in [5, 5.41) is 3.48. The molecule has 0 radical (unpaired) electrons. The van der Waals surface area contributed by atoms with Crippen molar-refractivity contribution in [3.05, 3.63) is 24.3 Å². The molecule has 3 nitrogen and oxygen atoms in total. The third-order valence-corrected chi connectivity index (χ3v) is 4.21. The first-order valence-corrected chi connectivity index (χ1v) is 7.67. The molecule has 0 saturated heterocycles. The molecule has 0 aliphatic carbocycles. The van der Waals surface area contributed by atoms with Crippen LogP contribution in [0, 0.1) is 5.41 Å². The van der Waals surface area contributed by atoms with Crippen molar-refractivity contribution in [3.63, 3.8) is 0 Å². The number of methoxy groups -OCH3 is 1. The molecule has 0 aliphatic rings. The molecule has 0 atom stereocenters. The van der Waals surface area contributed by atoms with E-state index in [0.29, 0.717) is 5.41 Å². The standard InChI is InChI=1S/C17H29NO2/c1-5-17(6-2,14-18-7-3)12-13-20-16-10-8-15(19-4)9-11-16/h8-11,18H,5-7,12-14H2,1-4H3. The van der Waals surface area contributed by atoms with Gasteiger partial charge in [0.25, 0.3) is 0 Å². The minimum atomic E-state index is 0.350. The zero-order chi connectivity index (χ0) is 14.8. The van der Waals surface area contributed by atoms with E-state index < -0.39 is 0 Å². The van der Waals surface area contributed by atoms with Gasteiger partial charge >= 0.3 is 0 Å². The summed E-state index contributed by atoms with van der Waals surface area (Å²) in [5.74, 6) is 1.77. The molecule has 0 aliphatic heterocycles. The fraction of sp³-hybridized carbons (Fsp3) is 0.647. The average molecular weight is 279 g/mol. The Morgan fingerprint density at radius 1 is 1.00 bits per heavy atom. The third-order valence-electron chi connectivity index (χ3n) is 4.21. The summed E-state index contributed by atoms with van der Waals surface area (Å²) in [4.78, 5) is 0. The highest BCUT2D eigenvalue weighted by atomic mass is 16.5. The van der Waals surface area contributed by atoms with E-state index in [4.69, 9.17) is 9.47 Å². The summed E-state index contributed by atoms with van der Waals surface area (Å²) in [5.41, 5.74) is 0.350. The second-order valence-corrected chi connectivity index (χ2v) is 5.26. The molecule has 0 spiro atoms. The number of ether oxygens (including phenoxy) is 2. The Hall–Kier alpha value is -1.22. The third kappa shape index (κ3) is 5.04. The van der Waals surface area contributed by atoms with Gasteiger partial charge in [-0.3, -0.25) is 0 Å². The molecule has 114 valence electrons. The highest BCUT2D eigenvalue weighted by Crippen LogP contribution is 2.30. The summed E-state index contributed by atoms with van der Waals surface area (Å²) in [6.07, 6.45) is 3.45. The molecule has 0 bridgehead atoms. The first-order valence-electron chi connectivity index (χ1n) is 7.67. The van der Waals surface area contributed by atoms with E-state index in [9.17, 15) is 0 Å². The molecular formula is C17H29NO2. The summed E-state index contributed by atoms with van der Waals surface area (Å²) in [6.45, 7) is 9.56. The van der Waals surface area contributed by atoms with Gasteiger partial charge in [0.1, 0.15) is 11.5 Å². The van der Waals surface area contributed by atoms with Crippen molar-refractivity contribution < 1.29 is 9.47 Å². The van der Waals surface area contributed by atoms with Crippen LogP contribution in [-0.2, 0) is 0 Å². The van der Waals surface area contributed by atoms with Crippen LogP contribution in [0.3, 0.4) is 0 Å². The molecule has 1 rings (SSSR count). The monoisotopic (exact) mass is 279 g/mol. The number of hydrogen-bond donors (Lipinski definition) is 1. The molecule has 0 heterocycles. The molecule has 0 unspecified atom stereocenters. The van der Waals surface area contributed by atoms with Gasteiger partial charge in [-0.25, -0.2) is 0 Å². The smallest absolute Gasteiger partial charge is 0.119 e. The predicted octanol–water partition coefficient (Wildman–Crippen LogP) is 3.88. The van der Waals surface area contributed by atoms with Gasteiger partial charge < -0.3 is 14.8 Å². The Kier molecular flexibility index (Phi) is 7.45. The van der Waals surface area contributed by atoms with Crippen LogP contribution >= 0.6 is 0 Å². The van der Waals surface area contributed by atoms with E-state index in [2.05, 4.69) is 26.1 Å².